The molecule has 0 heterocycles. The quantitative estimate of drug-likeness (QED) is 0.919. The van der Waals surface area contributed by atoms with E-state index in [1.165, 1.54) is 4.90 Å². The van der Waals surface area contributed by atoms with Crippen molar-refractivity contribution in [2.24, 2.45) is 0 Å². The predicted octanol–water partition coefficient (Wildman–Crippen LogP) is 2.70. The molecule has 110 valence electrons. The van der Waals surface area contributed by atoms with Gasteiger partial charge in [0.1, 0.15) is 6.54 Å². The number of benzene rings is 2. The highest BCUT2D eigenvalue weighted by molar-refractivity contribution is 5.86. The number of amides is 1. The van der Waals surface area contributed by atoms with E-state index in [4.69, 9.17) is 5.11 Å². The Kier molecular flexibility index (Phi) is 4.58. The van der Waals surface area contributed by atoms with Crippen molar-refractivity contribution in [1.29, 1.82) is 0 Å². The first-order valence-electron chi connectivity index (χ1n) is 6.96. The fourth-order valence-electron chi connectivity index (χ4n) is 2.33. The van der Waals surface area contributed by atoms with Crippen LogP contribution in [0.4, 0.5) is 0 Å². The number of carbonyl (C=O) groups excluding carboxylic acids is 1. The van der Waals surface area contributed by atoms with Gasteiger partial charge >= 0.3 is 5.97 Å². The Balaban J connectivity index is 2.17. The number of nitrogens with zero attached hydrogens (tertiary/aromatic N) is 1. The Morgan fingerprint density at radius 2 is 1.76 bits per heavy atom. The second-order valence-corrected chi connectivity index (χ2v) is 5.37. The summed E-state index contributed by atoms with van der Waals surface area (Å²) in [5, 5.41) is 11.1. The second-order valence-electron chi connectivity index (χ2n) is 5.37. The van der Waals surface area contributed by atoms with Gasteiger partial charge in [-0.2, -0.15) is 0 Å². The van der Waals surface area contributed by atoms with Crippen molar-refractivity contribution in [1.82, 2.24) is 4.90 Å². The zero-order valence-corrected chi connectivity index (χ0v) is 12.2. The summed E-state index contributed by atoms with van der Waals surface area (Å²) >= 11 is 0. The fourth-order valence-corrected chi connectivity index (χ4v) is 2.33. The van der Waals surface area contributed by atoms with E-state index in [1.54, 1.807) is 0 Å². The molecule has 0 radical (unpaired) electrons. The van der Waals surface area contributed by atoms with E-state index in [0.717, 1.165) is 16.3 Å². The molecule has 2 aromatic rings. The molecule has 0 aliphatic rings. The lowest BCUT2D eigenvalue weighted by Crippen LogP contribution is -2.41. The van der Waals surface area contributed by atoms with Crippen LogP contribution in [0.25, 0.3) is 10.8 Å². The molecule has 0 aliphatic heterocycles. The molecular weight excluding hydrogens is 266 g/mol. The molecule has 4 nitrogen and oxygen atoms in total. The minimum atomic E-state index is -0.990. The molecule has 1 amide bonds. The van der Waals surface area contributed by atoms with Crippen molar-refractivity contribution < 1.29 is 14.7 Å². The second kappa shape index (κ2) is 6.39. The lowest BCUT2D eigenvalue weighted by molar-refractivity contribution is -0.145. The van der Waals surface area contributed by atoms with Gasteiger partial charge in [0.2, 0.25) is 5.91 Å². The van der Waals surface area contributed by atoms with Crippen LogP contribution in [0.15, 0.2) is 42.5 Å². The van der Waals surface area contributed by atoms with Crippen molar-refractivity contribution in [2.45, 2.75) is 26.3 Å². The SMILES string of the molecule is CC(C)N(CC(=O)O)C(=O)Cc1ccc2ccccc2c1. The topological polar surface area (TPSA) is 57.6 Å². The number of hydrogen-bond donors (Lipinski definition) is 1. The molecule has 0 bridgehead atoms. The first-order chi connectivity index (χ1) is 9.97. The van der Waals surface area contributed by atoms with Gasteiger partial charge in [0, 0.05) is 6.04 Å². The average molecular weight is 285 g/mol. The number of aliphatic carboxylic acids is 1. The molecule has 2 rings (SSSR count). The third-order valence-electron chi connectivity index (χ3n) is 3.42. The summed E-state index contributed by atoms with van der Waals surface area (Å²) in [6, 6.07) is 13.7. The maximum atomic E-state index is 12.3. The summed E-state index contributed by atoms with van der Waals surface area (Å²) in [6.45, 7) is 3.38. The minimum absolute atomic E-state index is 0.131. The maximum Gasteiger partial charge on any atom is 0.323 e. The Hall–Kier alpha value is -2.36. The van der Waals surface area contributed by atoms with Gasteiger partial charge in [0.05, 0.1) is 6.42 Å². The van der Waals surface area contributed by atoms with E-state index < -0.39 is 5.97 Å². The van der Waals surface area contributed by atoms with E-state index in [0.29, 0.717) is 0 Å². The first kappa shape index (κ1) is 15.0. The molecular formula is C17H19NO3. The van der Waals surface area contributed by atoms with Gasteiger partial charge in [-0.3, -0.25) is 9.59 Å². The molecule has 0 saturated heterocycles. The molecule has 21 heavy (non-hydrogen) atoms. The van der Waals surface area contributed by atoms with Crippen molar-refractivity contribution in [2.75, 3.05) is 6.54 Å². The predicted molar refractivity (Wildman–Crippen MR) is 82.1 cm³/mol. The van der Waals surface area contributed by atoms with Crippen LogP contribution in [0.3, 0.4) is 0 Å². The van der Waals surface area contributed by atoms with Gasteiger partial charge in [-0.05, 0) is 30.2 Å². The average Bonchev–Trinajstić information content (AvgIpc) is 2.44. The van der Waals surface area contributed by atoms with Crippen LogP contribution in [0, 0.1) is 0 Å². The standard InChI is InChI=1S/C17H19NO3/c1-12(2)18(11-17(20)21)16(19)10-13-7-8-14-5-3-4-6-15(14)9-13/h3-9,12H,10-11H2,1-2H3,(H,20,21). The number of fused-ring (bicyclic) bond motifs is 1. The van der Waals surface area contributed by atoms with E-state index in [9.17, 15) is 9.59 Å². The summed E-state index contributed by atoms with van der Waals surface area (Å²) in [7, 11) is 0. The molecule has 0 spiro atoms. The van der Waals surface area contributed by atoms with Crippen molar-refractivity contribution >= 4 is 22.6 Å². The third-order valence-corrected chi connectivity index (χ3v) is 3.42. The highest BCUT2D eigenvalue weighted by atomic mass is 16.4. The third kappa shape index (κ3) is 3.81. The first-order valence-corrected chi connectivity index (χ1v) is 6.96. The normalized spacial score (nSPS) is 10.8. The Labute approximate surface area is 124 Å². The lowest BCUT2D eigenvalue weighted by atomic mass is 10.0. The van der Waals surface area contributed by atoms with Gasteiger partial charge < -0.3 is 10.0 Å². The fraction of sp³-hybridized carbons (Fsp3) is 0.294. The van der Waals surface area contributed by atoms with Crippen molar-refractivity contribution in [3.8, 4) is 0 Å². The van der Waals surface area contributed by atoms with E-state index in [-0.39, 0.29) is 24.9 Å². The Morgan fingerprint density at radius 1 is 1.10 bits per heavy atom. The van der Waals surface area contributed by atoms with Crippen LogP contribution in [0.5, 0.6) is 0 Å². The van der Waals surface area contributed by atoms with E-state index in [2.05, 4.69) is 0 Å². The van der Waals surface area contributed by atoms with Crippen LogP contribution in [0.2, 0.25) is 0 Å². The monoisotopic (exact) mass is 285 g/mol. The molecule has 4 heteroatoms. The van der Waals surface area contributed by atoms with E-state index in [1.807, 2.05) is 56.3 Å². The summed E-state index contributed by atoms with van der Waals surface area (Å²) in [5.41, 5.74) is 0.898. The van der Waals surface area contributed by atoms with Crippen molar-refractivity contribution in [3.05, 3.63) is 48.0 Å². The summed E-state index contributed by atoms with van der Waals surface area (Å²) < 4.78 is 0. The van der Waals surface area contributed by atoms with E-state index >= 15 is 0 Å². The lowest BCUT2D eigenvalue weighted by Gasteiger charge is -2.25. The zero-order valence-electron chi connectivity index (χ0n) is 12.2. The Morgan fingerprint density at radius 3 is 2.38 bits per heavy atom. The van der Waals surface area contributed by atoms with Gasteiger partial charge in [-0.1, -0.05) is 42.5 Å². The Bertz CT molecular complexity index is 664. The number of carboxylic acids is 1. The molecule has 0 fully saturated rings. The molecule has 0 aliphatic carbocycles. The van der Waals surface area contributed by atoms with Gasteiger partial charge in [-0.25, -0.2) is 0 Å². The molecule has 0 aromatic heterocycles. The summed E-state index contributed by atoms with van der Waals surface area (Å²) in [4.78, 5) is 24.5. The van der Waals surface area contributed by atoms with Crippen LogP contribution < -0.4 is 0 Å². The zero-order chi connectivity index (χ0) is 15.4. The molecule has 0 atom stereocenters. The number of carboxylic acid groups (broad SMARTS) is 1. The smallest absolute Gasteiger partial charge is 0.323 e. The van der Waals surface area contributed by atoms with Gasteiger partial charge in [-0.15, -0.1) is 0 Å². The molecule has 0 saturated carbocycles. The van der Waals surface area contributed by atoms with Gasteiger partial charge in [0.25, 0.3) is 0 Å². The van der Waals surface area contributed by atoms with Crippen molar-refractivity contribution in [3.63, 3.8) is 0 Å². The molecule has 1 N–H and O–H groups in total. The van der Waals surface area contributed by atoms with Gasteiger partial charge in [0.15, 0.2) is 0 Å². The number of carbonyl (C=O) groups is 2. The highest BCUT2D eigenvalue weighted by Gasteiger charge is 2.19. The minimum Gasteiger partial charge on any atom is -0.480 e. The molecule has 0 unspecified atom stereocenters. The van der Waals surface area contributed by atoms with Crippen LogP contribution in [-0.4, -0.2) is 34.5 Å². The largest absolute Gasteiger partial charge is 0.480 e. The van der Waals surface area contributed by atoms with Crippen LogP contribution in [0.1, 0.15) is 19.4 Å². The molecule has 2 aromatic carbocycles. The van der Waals surface area contributed by atoms with Crippen LogP contribution >= 0.6 is 0 Å². The summed E-state index contributed by atoms with van der Waals surface area (Å²) in [6.07, 6.45) is 0.219. The number of rotatable bonds is 5. The maximum absolute atomic E-state index is 12.3. The summed E-state index contributed by atoms with van der Waals surface area (Å²) in [5.74, 6) is -1.15. The number of hydrogen-bond acceptors (Lipinski definition) is 2. The highest BCUT2D eigenvalue weighted by Crippen LogP contribution is 2.16. The van der Waals surface area contributed by atoms with Crippen LogP contribution in [-0.2, 0) is 16.0 Å².